The van der Waals surface area contributed by atoms with Crippen LogP contribution in [0.15, 0.2) is 226 Å². The van der Waals surface area contributed by atoms with Crippen LogP contribution >= 0.6 is 50.7 Å². The first-order valence-electron chi connectivity index (χ1n) is 40.3. The fraction of sp³-hybridized carbons (Fsp3) is 0.290. The van der Waals surface area contributed by atoms with E-state index in [1.165, 1.54) is 0 Å². The summed E-state index contributed by atoms with van der Waals surface area (Å²) in [4.78, 5) is 118. The number of aromatic nitrogens is 6. The molecule has 12 aromatic rings. The first kappa shape index (κ1) is 88.0. The molecule has 0 radical (unpaired) electrons. The number of halogens is 4. The molecule has 0 N–H and O–H groups in total. The molecule has 0 unspecified atom stereocenters. The third kappa shape index (κ3) is 22.5. The molecule has 25 nitrogen and oxygen atoms in total. The zero-order valence-electron chi connectivity index (χ0n) is 68.6. The second kappa shape index (κ2) is 41.2. The standard InChI is InChI=1S/C32H33ClN4O4.C31H31ClN4O5.C30H30BrClN4O4/c1-4-23-9-14-29(41-22(2)3)28(19-23)37-30(34-27-8-6-5-7-26(27)32(37)39)20-35-15-17-36(18-16-35)31(38)21-40-25-12-10-24(33)11-13-25;1-21(2)41-28-12-7-22(19-37)17-27(28)36-29(33-26-6-4-3-5-25(26)31(36)39)18-34-13-15-35(16-14-34)30(38)20-40-24-10-8-23(32)9-11-24;1-20(2)40-27-12-7-21(31)17-26(27)36-28(33-25-6-4-3-5-24(25)30(36)38)18-34-13-15-35(16-14-34)29(37)19-39-23-10-8-22(32)9-11-23/h4-14,19,22H,1,15-18,20-21H2,2-3H3;3-12,17,19,21H,13-16,18,20H2,1-2H3;3-12,17,20H,13-16,18-19H2,1-2H3. The van der Waals surface area contributed by atoms with Gasteiger partial charge in [0.15, 0.2) is 19.8 Å². The van der Waals surface area contributed by atoms with Crippen molar-refractivity contribution in [1.29, 1.82) is 0 Å². The lowest BCUT2D eigenvalue weighted by Crippen LogP contribution is -2.50. The van der Waals surface area contributed by atoms with E-state index < -0.39 is 0 Å². The first-order chi connectivity index (χ1) is 58.9. The lowest BCUT2D eigenvalue weighted by Gasteiger charge is -2.34. The zero-order valence-corrected chi connectivity index (χ0v) is 72.4. The number of piperazine rings is 3. The van der Waals surface area contributed by atoms with E-state index in [0.29, 0.717) is 221 Å². The van der Waals surface area contributed by atoms with Gasteiger partial charge in [0.2, 0.25) is 0 Å². The molecule has 122 heavy (non-hydrogen) atoms. The normalized spacial score (nSPS) is 14.0. The summed E-state index contributed by atoms with van der Waals surface area (Å²) in [7, 11) is 0. The van der Waals surface area contributed by atoms with Crippen LogP contribution in [0.3, 0.4) is 0 Å². The monoisotopic (exact) mass is 1770 g/mol. The third-order valence-electron chi connectivity index (χ3n) is 20.4. The van der Waals surface area contributed by atoms with Gasteiger partial charge in [0, 0.05) is 104 Å². The third-order valence-corrected chi connectivity index (χ3v) is 21.7. The minimum Gasteiger partial charge on any atom is -0.489 e. The predicted molar refractivity (Wildman–Crippen MR) is 479 cm³/mol. The Morgan fingerprint density at radius 1 is 0.393 bits per heavy atom. The lowest BCUT2D eigenvalue weighted by atomic mass is 10.1. The predicted octanol–water partition coefficient (Wildman–Crippen LogP) is 14.9. The molecule has 3 saturated heterocycles. The minimum absolute atomic E-state index is 0.0328. The average molecular weight is 1770 g/mol. The second-order valence-electron chi connectivity index (χ2n) is 30.1. The highest BCUT2D eigenvalue weighted by molar-refractivity contribution is 9.10. The van der Waals surface area contributed by atoms with E-state index in [1.807, 2.05) is 126 Å². The van der Waals surface area contributed by atoms with Crippen LogP contribution in [0, 0.1) is 0 Å². The molecule has 29 heteroatoms. The number of rotatable bonds is 26. The summed E-state index contributed by atoms with van der Waals surface area (Å²) in [6.07, 6.45) is 2.20. The summed E-state index contributed by atoms with van der Waals surface area (Å²) in [5.41, 5.74) is 4.35. The van der Waals surface area contributed by atoms with E-state index in [4.69, 9.17) is 78.2 Å². The number of fused-ring (bicyclic) bond motifs is 3. The van der Waals surface area contributed by atoms with Gasteiger partial charge in [-0.3, -0.25) is 62.0 Å². The molecule has 0 atom stereocenters. The Balaban J connectivity index is 0.000000158. The highest BCUT2D eigenvalue weighted by Crippen LogP contribution is 2.33. The molecule has 9 aromatic carbocycles. The molecular formula is C93H94BrCl3N12O13. The van der Waals surface area contributed by atoms with Gasteiger partial charge in [-0.25, -0.2) is 15.0 Å². The number of hydrogen-bond donors (Lipinski definition) is 0. The van der Waals surface area contributed by atoms with Crippen LogP contribution in [0.1, 0.15) is 74.9 Å². The van der Waals surface area contributed by atoms with E-state index in [0.717, 1.165) is 16.3 Å². The van der Waals surface area contributed by atoms with E-state index in [1.54, 1.807) is 150 Å². The van der Waals surface area contributed by atoms with Crippen molar-refractivity contribution in [3.05, 3.63) is 286 Å². The summed E-state index contributed by atoms with van der Waals surface area (Å²) in [5.74, 6) is 4.98. The fourth-order valence-corrected chi connectivity index (χ4v) is 15.0. The molecule has 0 saturated carbocycles. The Kier molecular flexibility index (Phi) is 29.7. The average Bonchev–Trinajstić information content (AvgIpc) is 0.775. The maximum Gasteiger partial charge on any atom is 0.266 e. The van der Waals surface area contributed by atoms with Crippen LogP contribution in [-0.2, 0) is 34.0 Å². The number of benzene rings is 9. The largest absolute Gasteiger partial charge is 0.489 e. The molecule has 0 aliphatic carbocycles. The Hall–Kier alpha value is -11.8. The Morgan fingerprint density at radius 2 is 0.680 bits per heavy atom. The number of aldehydes is 1. The van der Waals surface area contributed by atoms with E-state index in [9.17, 15) is 33.6 Å². The number of hydrogen-bond acceptors (Lipinski definition) is 19. The van der Waals surface area contributed by atoms with E-state index in [2.05, 4.69) is 37.2 Å². The topological polar surface area (TPSA) is 248 Å². The molecule has 3 aliphatic heterocycles. The maximum absolute atomic E-state index is 13.9. The van der Waals surface area contributed by atoms with Crippen LogP contribution < -0.4 is 45.1 Å². The SMILES string of the molecule is C=Cc1ccc(OC(C)C)c(-n2c(CN3CCN(C(=O)COc4ccc(Cl)cc4)CC3)nc3ccccc3c2=O)c1.CC(C)Oc1ccc(Br)cc1-n1c(CN2CCN(C(=O)COc3ccc(Cl)cc3)CC2)nc2ccccc2c1=O.CC(C)Oc1ccc(C=O)cc1-n1c(CN2CCN(C(=O)COc3ccc(Cl)cc3)CC2)nc2ccccc2c1=O. The number of amides is 3. The van der Waals surface area contributed by atoms with Crippen molar-refractivity contribution in [1.82, 2.24) is 58.1 Å². The van der Waals surface area contributed by atoms with Crippen molar-refractivity contribution in [2.24, 2.45) is 0 Å². The van der Waals surface area contributed by atoms with Crippen molar-refractivity contribution in [3.63, 3.8) is 0 Å². The highest BCUT2D eigenvalue weighted by Gasteiger charge is 2.30. The van der Waals surface area contributed by atoms with Crippen molar-refractivity contribution < 1.29 is 47.6 Å². The smallest absolute Gasteiger partial charge is 0.266 e. The summed E-state index contributed by atoms with van der Waals surface area (Å²) >= 11 is 21.3. The molecule has 0 spiro atoms. The van der Waals surface area contributed by atoms with Gasteiger partial charge in [-0.2, -0.15) is 0 Å². The van der Waals surface area contributed by atoms with Crippen molar-refractivity contribution in [2.75, 3.05) is 98.4 Å². The number of ether oxygens (including phenoxy) is 6. The summed E-state index contributed by atoms with van der Waals surface area (Å²) in [5, 5.41) is 3.38. The lowest BCUT2D eigenvalue weighted by molar-refractivity contribution is -0.135. The molecule has 6 heterocycles. The minimum atomic E-state index is -0.240. The Bertz CT molecular complexity index is 5690. The van der Waals surface area contributed by atoms with Crippen LogP contribution in [0.4, 0.5) is 0 Å². The first-order valence-corrected chi connectivity index (χ1v) is 42.2. The zero-order chi connectivity index (χ0) is 86.1. The molecule has 3 amide bonds. The van der Waals surface area contributed by atoms with Gasteiger partial charge in [-0.05, 0) is 205 Å². The van der Waals surface area contributed by atoms with Gasteiger partial charge in [0.25, 0.3) is 34.4 Å². The Morgan fingerprint density at radius 3 is 0.984 bits per heavy atom. The van der Waals surface area contributed by atoms with Crippen molar-refractivity contribution in [2.45, 2.75) is 79.5 Å². The van der Waals surface area contributed by atoms with Crippen molar-refractivity contribution in [3.8, 4) is 51.6 Å². The number of para-hydroxylation sites is 3. The summed E-state index contributed by atoms with van der Waals surface area (Å²) in [6.45, 7) is 23.6. The summed E-state index contributed by atoms with van der Waals surface area (Å²) < 4.78 is 40.8. The Labute approximate surface area is 729 Å². The molecule has 15 rings (SSSR count). The van der Waals surface area contributed by atoms with Crippen LogP contribution in [0.25, 0.3) is 55.8 Å². The molecule has 0 bridgehead atoms. The molecule has 3 aromatic heterocycles. The maximum atomic E-state index is 13.9. The number of carbonyl (C=O) groups is 4. The van der Waals surface area contributed by atoms with E-state index in [-0.39, 0.29) is 72.5 Å². The molecule has 3 fully saturated rings. The van der Waals surface area contributed by atoms with Gasteiger partial charge < -0.3 is 43.1 Å². The quantitative estimate of drug-likeness (QED) is 0.0457. The van der Waals surface area contributed by atoms with Gasteiger partial charge >= 0.3 is 0 Å². The van der Waals surface area contributed by atoms with E-state index >= 15 is 0 Å². The van der Waals surface area contributed by atoms with Gasteiger partial charge in [0.05, 0.1) is 87.7 Å². The van der Waals surface area contributed by atoms with Gasteiger partial charge in [-0.1, -0.05) is 106 Å². The summed E-state index contributed by atoms with van der Waals surface area (Å²) in [6, 6.07) is 59.1. The molecular weight excluding hydrogens is 1680 g/mol. The van der Waals surface area contributed by atoms with Crippen molar-refractivity contribution >= 4 is 114 Å². The number of nitrogens with zero attached hydrogens (tertiary/aromatic N) is 12. The van der Waals surface area contributed by atoms with Crippen LogP contribution in [0.2, 0.25) is 15.1 Å². The molecule has 632 valence electrons. The van der Waals surface area contributed by atoms with Gasteiger partial charge in [0.1, 0.15) is 58.3 Å². The van der Waals surface area contributed by atoms with Gasteiger partial charge in [-0.15, -0.1) is 0 Å². The highest BCUT2D eigenvalue weighted by atomic mass is 79.9. The number of carbonyl (C=O) groups excluding carboxylic acids is 4. The van der Waals surface area contributed by atoms with Crippen LogP contribution in [0.5, 0.6) is 34.5 Å². The second-order valence-corrected chi connectivity index (χ2v) is 32.4. The van der Waals surface area contributed by atoms with Crippen LogP contribution in [-0.4, -0.2) is 199 Å². The molecule has 3 aliphatic rings. The fourth-order valence-electron chi connectivity index (χ4n) is 14.3.